The van der Waals surface area contributed by atoms with E-state index in [4.69, 9.17) is 9.84 Å². The molecule has 0 unspecified atom stereocenters. The molecule has 5 heterocycles. The summed E-state index contributed by atoms with van der Waals surface area (Å²) in [6, 6.07) is 6.79. The Bertz CT molecular complexity index is 1230. The molecule has 1 N–H and O–H groups in total. The third kappa shape index (κ3) is 3.64. The first-order valence-electron chi connectivity index (χ1n) is 12.1. The number of nitrogens with zero attached hydrogens (tertiary/aromatic N) is 6. The molecular formula is C25H30N6O3. The van der Waals surface area contributed by atoms with Gasteiger partial charge in [-0.3, -0.25) is 9.36 Å². The second-order valence-corrected chi connectivity index (χ2v) is 9.50. The van der Waals surface area contributed by atoms with Gasteiger partial charge in [0.05, 0.1) is 30.2 Å². The van der Waals surface area contributed by atoms with E-state index >= 15 is 0 Å². The number of ether oxygens (including phenoxy) is 1. The molecule has 3 aromatic rings. The highest BCUT2D eigenvalue weighted by Crippen LogP contribution is 2.38. The van der Waals surface area contributed by atoms with Crippen LogP contribution in [-0.2, 0) is 37.7 Å². The number of hydrogen-bond donors (Lipinski definition) is 1. The first-order chi connectivity index (χ1) is 16.6. The largest absolute Gasteiger partial charge is 0.465 e. The summed E-state index contributed by atoms with van der Waals surface area (Å²) >= 11 is 0. The Kier molecular flexibility index (Phi) is 5.28. The fourth-order valence-electron chi connectivity index (χ4n) is 5.68. The van der Waals surface area contributed by atoms with Crippen molar-refractivity contribution in [2.45, 2.75) is 44.8 Å². The number of benzene rings is 1. The number of hydrogen-bond acceptors (Lipinski definition) is 5. The van der Waals surface area contributed by atoms with E-state index in [9.17, 15) is 9.90 Å². The maximum absolute atomic E-state index is 11.8. The van der Waals surface area contributed by atoms with E-state index in [1.165, 1.54) is 21.7 Å². The number of anilines is 1. The van der Waals surface area contributed by atoms with Gasteiger partial charge in [-0.05, 0) is 30.4 Å². The molecule has 0 bridgehead atoms. The molecule has 3 aliphatic rings. The zero-order valence-electron chi connectivity index (χ0n) is 19.5. The minimum absolute atomic E-state index is 0.313. The summed E-state index contributed by atoms with van der Waals surface area (Å²) in [7, 11) is 1.94. The average Bonchev–Trinajstić information content (AvgIpc) is 3.47. The standard InChI is InChI=1S/C25H30N6O3/c1-28-15-19(13-26-28)29-9-5-20-17(14-29)3-2-4-21(20)24-22-16-30(25(32)33)10-6-23(22)31(27-24)18-7-11-34-12-8-18/h2-4,13,15,18H,5-12,14,16H2,1H3,(H,32,33). The van der Waals surface area contributed by atoms with Crippen LogP contribution in [0.2, 0.25) is 0 Å². The van der Waals surface area contributed by atoms with E-state index in [2.05, 4.69) is 39.1 Å². The maximum Gasteiger partial charge on any atom is 0.407 e. The Hall–Kier alpha value is -3.33. The van der Waals surface area contributed by atoms with Crippen molar-refractivity contribution >= 4 is 11.8 Å². The van der Waals surface area contributed by atoms with Gasteiger partial charge < -0.3 is 19.6 Å². The van der Waals surface area contributed by atoms with E-state index in [1.807, 2.05) is 17.9 Å². The van der Waals surface area contributed by atoms with Gasteiger partial charge in [0.1, 0.15) is 0 Å². The van der Waals surface area contributed by atoms with Crippen molar-refractivity contribution in [3.63, 3.8) is 0 Å². The Labute approximate surface area is 198 Å². The maximum atomic E-state index is 11.8. The van der Waals surface area contributed by atoms with Crippen LogP contribution in [0.15, 0.2) is 30.6 Å². The molecule has 9 heteroatoms. The summed E-state index contributed by atoms with van der Waals surface area (Å²) in [6.07, 6.45) is 6.63. The summed E-state index contributed by atoms with van der Waals surface area (Å²) in [5.74, 6) is 0. The fourth-order valence-corrected chi connectivity index (χ4v) is 5.68. The smallest absolute Gasteiger partial charge is 0.407 e. The van der Waals surface area contributed by atoms with Gasteiger partial charge in [0.25, 0.3) is 0 Å². The lowest BCUT2D eigenvalue weighted by Crippen LogP contribution is -2.36. The molecule has 3 aliphatic heterocycles. The first kappa shape index (κ1) is 21.2. The van der Waals surface area contributed by atoms with Crippen molar-refractivity contribution in [1.82, 2.24) is 24.5 Å². The number of amides is 1. The van der Waals surface area contributed by atoms with Crippen LogP contribution in [0.1, 0.15) is 41.3 Å². The molecule has 0 spiro atoms. The summed E-state index contributed by atoms with van der Waals surface area (Å²) < 4.78 is 9.63. The summed E-state index contributed by atoms with van der Waals surface area (Å²) in [4.78, 5) is 15.7. The molecule has 0 atom stereocenters. The predicted molar refractivity (Wildman–Crippen MR) is 127 cm³/mol. The molecule has 0 saturated carbocycles. The molecule has 1 aromatic carbocycles. The van der Waals surface area contributed by atoms with Crippen LogP contribution < -0.4 is 4.90 Å². The van der Waals surface area contributed by atoms with Crippen molar-refractivity contribution in [2.24, 2.45) is 7.05 Å². The molecular weight excluding hydrogens is 432 g/mol. The molecule has 1 amide bonds. The van der Waals surface area contributed by atoms with Gasteiger partial charge in [0.2, 0.25) is 0 Å². The molecule has 2 aromatic heterocycles. The van der Waals surface area contributed by atoms with Crippen LogP contribution in [0.3, 0.4) is 0 Å². The van der Waals surface area contributed by atoms with Gasteiger partial charge in [-0.15, -0.1) is 0 Å². The topological polar surface area (TPSA) is 88.7 Å². The SMILES string of the molecule is Cn1cc(N2CCc3c(cccc3-c3nn(C4CCOCC4)c4c3CN(C(=O)O)CC4)C2)cn1. The lowest BCUT2D eigenvalue weighted by Gasteiger charge is -2.31. The molecule has 178 valence electrons. The third-order valence-corrected chi connectivity index (χ3v) is 7.47. The zero-order valence-corrected chi connectivity index (χ0v) is 19.5. The van der Waals surface area contributed by atoms with Crippen LogP contribution in [0.4, 0.5) is 10.5 Å². The van der Waals surface area contributed by atoms with Crippen LogP contribution in [0.25, 0.3) is 11.3 Å². The summed E-state index contributed by atoms with van der Waals surface area (Å²) in [5.41, 5.74) is 8.14. The van der Waals surface area contributed by atoms with E-state index in [1.54, 1.807) is 0 Å². The van der Waals surface area contributed by atoms with Gasteiger partial charge in [0.15, 0.2) is 0 Å². The lowest BCUT2D eigenvalue weighted by molar-refractivity contribution is 0.0650. The first-order valence-corrected chi connectivity index (χ1v) is 12.1. The van der Waals surface area contributed by atoms with Gasteiger partial charge in [-0.2, -0.15) is 10.2 Å². The minimum atomic E-state index is -0.863. The minimum Gasteiger partial charge on any atom is -0.465 e. The van der Waals surface area contributed by atoms with E-state index < -0.39 is 6.09 Å². The highest BCUT2D eigenvalue weighted by Gasteiger charge is 2.32. The average molecular weight is 463 g/mol. The van der Waals surface area contributed by atoms with Crippen molar-refractivity contribution in [1.29, 1.82) is 0 Å². The van der Waals surface area contributed by atoms with Crippen molar-refractivity contribution < 1.29 is 14.6 Å². The molecule has 6 rings (SSSR count). The Morgan fingerprint density at radius 3 is 2.74 bits per heavy atom. The van der Waals surface area contributed by atoms with Gasteiger partial charge in [-0.1, -0.05) is 18.2 Å². The molecule has 34 heavy (non-hydrogen) atoms. The van der Waals surface area contributed by atoms with E-state index in [0.717, 1.165) is 68.1 Å². The van der Waals surface area contributed by atoms with Crippen LogP contribution in [-0.4, -0.2) is 62.0 Å². The third-order valence-electron chi connectivity index (χ3n) is 7.47. The number of carboxylic acid groups (broad SMARTS) is 1. The summed E-state index contributed by atoms with van der Waals surface area (Å²) in [6.45, 7) is 4.17. The van der Waals surface area contributed by atoms with Crippen molar-refractivity contribution in [3.05, 3.63) is 53.0 Å². The second kappa shape index (κ2) is 8.47. The predicted octanol–water partition coefficient (Wildman–Crippen LogP) is 3.23. The number of aromatic nitrogens is 4. The Balaban J connectivity index is 1.40. The summed E-state index contributed by atoms with van der Waals surface area (Å²) in [5, 5.41) is 19.2. The lowest BCUT2D eigenvalue weighted by atomic mass is 9.90. The number of rotatable bonds is 3. The zero-order chi connectivity index (χ0) is 23.2. The quantitative estimate of drug-likeness (QED) is 0.643. The van der Waals surface area contributed by atoms with Crippen molar-refractivity contribution in [3.8, 4) is 11.3 Å². The highest BCUT2D eigenvalue weighted by molar-refractivity contribution is 5.72. The highest BCUT2D eigenvalue weighted by atomic mass is 16.5. The van der Waals surface area contributed by atoms with E-state index in [-0.39, 0.29) is 0 Å². The fraction of sp³-hybridized carbons (Fsp3) is 0.480. The van der Waals surface area contributed by atoms with E-state index in [0.29, 0.717) is 25.6 Å². The Morgan fingerprint density at radius 2 is 1.97 bits per heavy atom. The Morgan fingerprint density at radius 1 is 1.12 bits per heavy atom. The monoisotopic (exact) mass is 462 g/mol. The molecule has 1 saturated heterocycles. The molecule has 9 nitrogen and oxygen atoms in total. The number of aryl methyl sites for hydroxylation is 1. The van der Waals surface area contributed by atoms with Crippen LogP contribution in [0.5, 0.6) is 0 Å². The van der Waals surface area contributed by atoms with Gasteiger partial charge in [0, 0.05) is 69.3 Å². The van der Waals surface area contributed by atoms with Crippen molar-refractivity contribution in [2.75, 3.05) is 31.2 Å². The van der Waals surface area contributed by atoms with Crippen LogP contribution >= 0.6 is 0 Å². The molecule has 1 fully saturated rings. The second-order valence-electron chi connectivity index (χ2n) is 9.50. The normalized spacial score (nSPS) is 18.6. The van der Waals surface area contributed by atoms with Crippen LogP contribution in [0, 0.1) is 0 Å². The molecule has 0 radical (unpaired) electrons. The molecule has 0 aliphatic carbocycles. The van der Waals surface area contributed by atoms with Gasteiger partial charge >= 0.3 is 6.09 Å². The number of carbonyl (C=O) groups is 1. The van der Waals surface area contributed by atoms with Gasteiger partial charge in [-0.25, -0.2) is 4.79 Å². The number of fused-ring (bicyclic) bond motifs is 2.